The second kappa shape index (κ2) is 7.83. The molecule has 0 aliphatic carbocycles. The summed E-state index contributed by atoms with van der Waals surface area (Å²) in [6, 6.07) is 0. The van der Waals surface area contributed by atoms with E-state index in [2.05, 4.69) is 41.8 Å². The molecule has 0 radical (unpaired) electrons. The lowest BCUT2D eigenvalue weighted by molar-refractivity contribution is -0.119. The van der Waals surface area contributed by atoms with Gasteiger partial charge >= 0.3 is 0 Å². The number of rotatable bonds is 7. The monoisotopic (exact) mass is 317 g/mol. The van der Waals surface area contributed by atoms with Crippen LogP contribution in [0.2, 0.25) is 0 Å². The highest BCUT2D eigenvalue weighted by Crippen LogP contribution is 2.19. The highest BCUT2D eigenvalue weighted by atomic mass is 79.9. The molecule has 0 fully saturated rings. The van der Waals surface area contributed by atoms with E-state index in [4.69, 9.17) is 4.74 Å². The van der Waals surface area contributed by atoms with Gasteiger partial charge in [0.05, 0.1) is 17.6 Å². The number of methoxy groups -OCH3 is 1. The molecule has 0 aliphatic rings. The summed E-state index contributed by atoms with van der Waals surface area (Å²) in [5.74, 6) is 0.931. The first kappa shape index (κ1) is 14.7. The van der Waals surface area contributed by atoms with E-state index in [9.17, 15) is 4.79 Å². The predicted octanol–water partition coefficient (Wildman–Crippen LogP) is 0.455. The lowest BCUT2D eigenvalue weighted by Gasteiger charge is -2.09. The number of amides is 1. The number of nitrogens with one attached hydrogen (secondary N) is 3. The summed E-state index contributed by atoms with van der Waals surface area (Å²) in [5.41, 5.74) is 0. The summed E-state index contributed by atoms with van der Waals surface area (Å²) in [6.07, 6.45) is 1.62. The number of carbonyl (C=O) groups is 1. The van der Waals surface area contributed by atoms with E-state index in [-0.39, 0.29) is 12.5 Å². The highest BCUT2D eigenvalue weighted by Gasteiger charge is 2.06. The number of carbonyl (C=O) groups excluding carboxylic acids is 1. The van der Waals surface area contributed by atoms with E-state index in [1.807, 2.05) is 0 Å². The molecule has 0 bridgehead atoms. The van der Waals surface area contributed by atoms with Crippen LogP contribution >= 0.6 is 15.9 Å². The van der Waals surface area contributed by atoms with Crippen molar-refractivity contribution < 1.29 is 9.53 Å². The Hall–Kier alpha value is -1.41. The van der Waals surface area contributed by atoms with Gasteiger partial charge in [-0.15, -0.1) is 0 Å². The van der Waals surface area contributed by atoms with Crippen molar-refractivity contribution in [2.75, 3.05) is 44.5 Å². The Bertz CT molecular complexity index is 402. The Balaban J connectivity index is 2.45. The van der Waals surface area contributed by atoms with Gasteiger partial charge in [0.2, 0.25) is 11.9 Å². The number of aromatic nitrogens is 2. The lowest BCUT2D eigenvalue weighted by atomic mass is 10.5. The minimum Gasteiger partial charge on any atom is -0.383 e. The fraction of sp³-hybridized carbons (Fsp3) is 0.500. The van der Waals surface area contributed by atoms with Crippen LogP contribution < -0.4 is 16.0 Å². The highest BCUT2D eigenvalue weighted by molar-refractivity contribution is 9.10. The van der Waals surface area contributed by atoms with Crippen LogP contribution in [0, 0.1) is 0 Å². The Labute approximate surface area is 114 Å². The van der Waals surface area contributed by atoms with Gasteiger partial charge in [-0.1, -0.05) is 0 Å². The van der Waals surface area contributed by atoms with Crippen molar-refractivity contribution in [3.05, 3.63) is 10.7 Å². The summed E-state index contributed by atoms with van der Waals surface area (Å²) >= 11 is 3.31. The third-order valence-electron chi connectivity index (χ3n) is 2.01. The molecule has 0 unspecified atom stereocenters. The van der Waals surface area contributed by atoms with Crippen molar-refractivity contribution in [1.29, 1.82) is 0 Å². The summed E-state index contributed by atoms with van der Waals surface area (Å²) in [4.78, 5) is 19.6. The molecule has 0 aromatic carbocycles. The summed E-state index contributed by atoms with van der Waals surface area (Å²) in [7, 11) is 3.31. The van der Waals surface area contributed by atoms with Crippen molar-refractivity contribution in [2.45, 2.75) is 0 Å². The number of hydrogen-bond acceptors (Lipinski definition) is 6. The van der Waals surface area contributed by atoms with Crippen molar-refractivity contribution in [3.8, 4) is 0 Å². The van der Waals surface area contributed by atoms with Gasteiger partial charge in [0.25, 0.3) is 0 Å². The van der Waals surface area contributed by atoms with Crippen molar-refractivity contribution >= 4 is 33.6 Å². The first-order valence-corrected chi connectivity index (χ1v) is 6.16. The molecule has 0 saturated heterocycles. The van der Waals surface area contributed by atoms with Crippen molar-refractivity contribution in [1.82, 2.24) is 15.3 Å². The third-order valence-corrected chi connectivity index (χ3v) is 2.59. The first-order valence-electron chi connectivity index (χ1n) is 5.37. The molecule has 0 atom stereocenters. The Morgan fingerprint density at radius 3 is 3.00 bits per heavy atom. The molecule has 1 rings (SSSR count). The maximum absolute atomic E-state index is 11.5. The smallest absolute Gasteiger partial charge is 0.239 e. The number of nitrogens with zero attached hydrogens (tertiary/aromatic N) is 2. The van der Waals surface area contributed by atoms with Gasteiger partial charge in [-0.05, 0) is 15.9 Å². The standard InChI is InChI=1S/C10H16BrN5O2/c1-12-10-15-5-7(11)9(16-10)14-6-8(17)13-3-4-18-2/h5H,3-4,6H2,1-2H3,(H,13,17)(H2,12,14,15,16). The van der Waals surface area contributed by atoms with Gasteiger partial charge in [-0.2, -0.15) is 4.98 Å². The fourth-order valence-electron chi connectivity index (χ4n) is 1.13. The van der Waals surface area contributed by atoms with Crippen LogP contribution in [0.15, 0.2) is 10.7 Å². The molecule has 1 amide bonds. The molecule has 100 valence electrons. The van der Waals surface area contributed by atoms with Crippen LogP contribution in [-0.4, -0.2) is 49.7 Å². The van der Waals surface area contributed by atoms with Crippen molar-refractivity contribution in [3.63, 3.8) is 0 Å². The maximum Gasteiger partial charge on any atom is 0.239 e. The second-order valence-electron chi connectivity index (χ2n) is 3.34. The Kier molecular flexibility index (Phi) is 6.37. The van der Waals surface area contributed by atoms with Gasteiger partial charge in [0, 0.05) is 26.9 Å². The van der Waals surface area contributed by atoms with Crippen LogP contribution in [0.4, 0.5) is 11.8 Å². The lowest BCUT2D eigenvalue weighted by Crippen LogP contribution is -2.32. The first-order chi connectivity index (χ1) is 8.67. The van der Waals surface area contributed by atoms with E-state index in [1.165, 1.54) is 0 Å². The predicted molar refractivity (Wildman–Crippen MR) is 72.7 cm³/mol. The molecular formula is C10H16BrN5O2. The number of halogens is 1. The van der Waals surface area contributed by atoms with E-state index >= 15 is 0 Å². The molecule has 8 heteroatoms. The SMILES string of the molecule is CNc1ncc(Br)c(NCC(=O)NCCOC)n1. The summed E-state index contributed by atoms with van der Waals surface area (Å²) in [5, 5.41) is 8.45. The molecule has 3 N–H and O–H groups in total. The normalized spacial score (nSPS) is 9.94. The number of hydrogen-bond donors (Lipinski definition) is 3. The molecule has 0 aliphatic heterocycles. The van der Waals surface area contributed by atoms with Crippen molar-refractivity contribution in [2.24, 2.45) is 0 Å². The topological polar surface area (TPSA) is 88.2 Å². The van der Waals surface area contributed by atoms with Gasteiger partial charge < -0.3 is 20.7 Å². The average Bonchev–Trinajstić information content (AvgIpc) is 2.38. The van der Waals surface area contributed by atoms with Gasteiger partial charge in [0.15, 0.2) is 0 Å². The minimum absolute atomic E-state index is 0.122. The zero-order valence-corrected chi connectivity index (χ0v) is 11.9. The zero-order chi connectivity index (χ0) is 13.4. The van der Waals surface area contributed by atoms with Gasteiger partial charge in [-0.25, -0.2) is 4.98 Å². The third kappa shape index (κ3) is 4.84. The van der Waals surface area contributed by atoms with Crippen LogP contribution in [0.1, 0.15) is 0 Å². The molecule has 1 heterocycles. The summed E-state index contributed by atoms with van der Waals surface area (Å²) < 4.78 is 5.53. The Morgan fingerprint density at radius 1 is 1.56 bits per heavy atom. The second-order valence-corrected chi connectivity index (χ2v) is 4.19. The van der Waals surface area contributed by atoms with Gasteiger partial charge in [-0.3, -0.25) is 4.79 Å². The van der Waals surface area contributed by atoms with Crippen LogP contribution in [0.25, 0.3) is 0 Å². The molecule has 0 saturated carbocycles. The van der Waals surface area contributed by atoms with Crippen LogP contribution in [-0.2, 0) is 9.53 Å². The fourth-order valence-corrected chi connectivity index (χ4v) is 1.46. The Morgan fingerprint density at radius 2 is 2.33 bits per heavy atom. The quantitative estimate of drug-likeness (QED) is 0.633. The minimum atomic E-state index is -0.122. The zero-order valence-electron chi connectivity index (χ0n) is 10.3. The average molecular weight is 318 g/mol. The molecule has 18 heavy (non-hydrogen) atoms. The summed E-state index contributed by atoms with van der Waals surface area (Å²) in [6.45, 7) is 1.12. The van der Waals surface area contributed by atoms with Crippen LogP contribution in [0.5, 0.6) is 0 Å². The van der Waals surface area contributed by atoms with E-state index in [0.717, 1.165) is 0 Å². The number of anilines is 2. The molecule has 7 nitrogen and oxygen atoms in total. The maximum atomic E-state index is 11.5. The molecule has 1 aromatic heterocycles. The van der Waals surface area contributed by atoms with E-state index in [0.29, 0.717) is 29.4 Å². The molecular weight excluding hydrogens is 302 g/mol. The largest absolute Gasteiger partial charge is 0.383 e. The molecule has 0 spiro atoms. The molecule has 1 aromatic rings. The van der Waals surface area contributed by atoms with E-state index in [1.54, 1.807) is 20.4 Å². The van der Waals surface area contributed by atoms with E-state index < -0.39 is 0 Å². The van der Waals surface area contributed by atoms with Crippen LogP contribution in [0.3, 0.4) is 0 Å². The number of ether oxygens (including phenoxy) is 1. The van der Waals surface area contributed by atoms with Gasteiger partial charge in [0.1, 0.15) is 5.82 Å².